The molecule has 0 heterocycles. The second-order valence-electron chi connectivity index (χ2n) is 3.11. The van der Waals surface area contributed by atoms with Crippen molar-refractivity contribution in [2.75, 3.05) is 0 Å². The molecule has 0 aliphatic heterocycles. The van der Waals surface area contributed by atoms with E-state index in [4.69, 9.17) is 0 Å². The molecule has 0 rings (SSSR count). The van der Waals surface area contributed by atoms with Crippen LogP contribution in [0.1, 0.15) is 27.7 Å². The van der Waals surface area contributed by atoms with Crippen molar-refractivity contribution in [2.45, 2.75) is 27.7 Å². The summed E-state index contributed by atoms with van der Waals surface area (Å²) in [5, 5.41) is 0. The molecule has 62 valence electrons. The number of aliphatic imine (C=N–C) groups is 1. The first-order chi connectivity index (χ1) is 5.07. The summed E-state index contributed by atoms with van der Waals surface area (Å²) in [6.45, 7) is 12.0. The van der Waals surface area contributed by atoms with Gasteiger partial charge < -0.3 is 0 Å². The highest BCUT2D eigenvalue weighted by Crippen LogP contribution is 2.02. The average molecular weight is 151 g/mol. The fourth-order valence-electron chi connectivity index (χ4n) is 0.754. The normalized spacial score (nSPS) is 11.5. The van der Waals surface area contributed by atoms with Gasteiger partial charge in [0.15, 0.2) is 0 Å². The van der Waals surface area contributed by atoms with Crippen molar-refractivity contribution in [3.8, 4) is 0 Å². The van der Waals surface area contributed by atoms with Gasteiger partial charge in [-0.05, 0) is 25.8 Å². The van der Waals surface area contributed by atoms with Gasteiger partial charge in [-0.3, -0.25) is 4.99 Å². The van der Waals surface area contributed by atoms with Gasteiger partial charge in [-0.15, -0.1) is 0 Å². The lowest BCUT2D eigenvalue weighted by Gasteiger charge is -2.03. The van der Waals surface area contributed by atoms with E-state index in [-0.39, 0.29) is 0 Å². The van der Waals surface area contributed by atoms with E-state index in [0.717, 1.165) is 5.71 Å². The first-order valence-electron chi connectivity index (χ1n) is 3.91. The van der Waals surface area contributed by atoms with Gasteiger partial charge >= 0.3 is 0 Å². The van der Waals surface area contributed by atoms with Crippen LogP contribution in [0, 0.1) is 5.92 Å². The fraction of sp³-hybridized carbons (Fsp3) is 0.500. The molecule has 0 saturated carbocycles. The predicted octanol–water partition coefficient (Wildman–Crippen LogP) is 3.19. The third-order valence-electron chi connectivity index (χ3n) is 1.27. The van der Waals surface area contributed by atoms with E-state index in [1.54, 1.807) is 6.20 Å². The Hall–Kier alpha value is -0.850. The number of allylic oxidation sites excluding steroid dienone is 2. The monoisotopic (exact) mass is 151 g/mol. The van der Waals surface area contributed by atoms with Crippen LogP contribution in [0.15, 0.2) is 29.4 Å². The Morgan fingerprint density at radius 1 is 1.36 bits per heavy atom. The first kappa shape index (κ1) is 10.2. The standard InChI is InChI=1S/C10H17N/c1-6-11-10(9(4)5)7-8(2)3/h6-7,9H,1H2,2-5H3/b11-10+. The molecule has 1 heteroatoms. The lowest BCUT2D eigenvalue weighted by molar-refractivity contribution is 0.887. The van der Waals surface area contributed by atoms with E-state index in [1.165, 1.54) is 5.57 Å². The fourth-order valence-corrected chi connectivity index (χ4v) is 0.754. The molecular weight excluding hydrogens is 134 g/mol. The Balaban J connectivity index is 4.49. The maximum absolute atomic E-state index is 4.17. The van der Waals surface area contributed by atoms with Crippen LogP contribution in [0.5, 0.6) is 0 Å². The molecule has 0 unspecified atom stereocenters. The van der Waals surface area contributed by atoms with Gasteiger partial charge in [0, 0.05) is 11.9 Å². The SMILES string of the molecule is C=C/N=C(\C=C(C)C)C(C)C. The van der Waals surface area contributed by atoms with Crippen molar-refractivity contribution in [3.63, 3.8) is 0 Å². The molecule has 0 bridgehead atoms. The van der Waals surface area contributed by atoms with Crippen LogP contribution in [0.3, 0.4) is 0 Å². The predicted molar refractivity (Wildman–Crippen MR) is 51.9 cm³/mol. The second-order valence-corrected chi connectivity index (χ2v) is 3.11. The van der Waals surface area contributed by atoms with Gasteiger partial charge in [0.2, 0.25) is 0 Å². The Labute approximate surface area is 69.5 Å². The molecule has 11 heavy (non-hydrogen) atoms. The minimum atomic E-state index is 0.475. The van der Waals surface area contributed by atoms with Crippen LogP contribution in [0.4, 0.5) is 0 Å². The Kier molecular flexibility index (Phi) is 4.51. The van der Waals surface area contributed by atoms with Crippen LogP contribution in [0.25, 0.3) is 0 Å². The first-order valence-corrected chi connectivity index (χ1v) is 3.91. The molecule has 0 aromatic heterocycles. The summed E-state index contributed by atoms with van der Waals surface area (Å²) in [5.74, 6) is 0.475. The topological polar surface area (TPSA) is 12.4 Å². The minimum absolute atomic E-state index is 0.475. The van der Waals surface area contributed by atoms with Crippen LogP contribution < -0.4 is 0 Å². The van der Waals surface area contributed by atoms with Gasteiger partial charge in [-0.1, -0.05) is 26.0 Å². The highest BCUT2D eigenvalue weighted by Gasteiger charge is 1.99. The molecule has 0 atom stereocenters. The van der Waals surface area contributed by atoms with Crippen molar-refractivity contribution >= 4 is 5.71 Å². The smallest absolute Gasteiger partial charge is 0.0428 e. The highest BCUT2D eigenvalue weighted by molar-refractivity contribution is 5.97. The van der Waals surface area contributed by atoms with Crippen molar-refractivity contribution in [1.29, 1.82) is 0 Å². The largest absolute Gasteiger partial charge is 0.262 e. The Bertz CT molecular complexity index is 181. The lowest BCUT2D eigenvalue weighted by Crippen LogP contribution is -2.03. The van der Waals surface area contributed by atoms with Crippen molar-refractivity contribution in [2.24, 2.45) is 10.9 Å². The number of rotatable bonds is 3. The van der Waals surface area contributed by atoms with Crippen molar-refractivity contribution < 1.29 is 0 Å². The zero-order valence-corrected chi connectivity index (χ0v) is 7.89. The molecular formula is C10H17N. The molecule has 0 N–H and O–H groups in total. The molecule has 0 saturated heterocycles. The third kappa shape index (κ3) is 4.54. The zero-order valence-electron chi connectivity index (χ0n) is 7.89. The van der Waals surface area contributed by atoms with E-state index >= 15 is 0 Å². The summed E-state index contributed by atoms with van der Waals surface area (Å²) in [7, 11) is 0. The van der Waals surface area contributed by atoms with Crippen LogP contribution in [-0.4, -0.2) is 5.71 Å². The quantitative estimate of drug-likeness (QED) is 0.549. The molecule has 0 aliphatic rings. The van der Waals surface area contributed by atoms with Gasteiger partial charge in [0.25, 0.3) is 0 Å². The molecule has 0 spiro atoms. The van der Waals surface area contributed by atoms with E-state index in [0.29, 0.717) is 5.92 Å². The average Bonchev–Trinajstić information content (AvgIpc) is 1.86. The molecule has 1 nitrogen and oxygen atoms in total. The van der Waals surface area contributed by atoms with Gasteiger partial charge in [-0.2, -0.15) is 0 Å². The minimum Gasteiger partial charge on any atom is -0.262 e. The summed E-state index contributed by atoms with van der Waals surface area (Å²) in [6, 6.07) is 0. The number of hydrogen-bond acceptors (Lipinski definition) is 1. The summed E-state index contributed by atoms with van der Waals surface area (Å²) < 4.78 is 0. The summed E-state index contributed by atoms with van der Waals surface area (Å²) in [6.07, 6.45) is 3.68. The molecule has 0 radical (unpaired) electrons. The van der Waals surface area contributed by atoms with E-state index in [9.17, 15) is 0 Å². The van der Waals surface area contributed by atoms with E-state index in [1.807, 2.05) is 0 Å². The maximum atomic E-state index is 4.17. The molecule has 0 aliphatic carbocycles. The summed E-state index contributed by atoms with van der Waals surface area (Å²) in [5.41, 5.74) is 2.37. The Morgan fingerprint density at radius 2 is 1.91 bits per heavy atom. The van der Waals surface area contributed by atoms with E-state index in [2.05, 4.69) is 45.3 Å². The number of nitrogens with zero attached hydrogens (tertiary/aromatic N) is 1. The van der Waals surface area contributed by atoms with Crippen LogP contribution in [0.2, 0.25) is 0 Å². The highest BCUT2D eigenvalue weighted by atomic mass is 14.7. The third-order valence-corrected chi connectivity index (χ3v) is 1.27. The molecule has 0 amide bonds. The molecule has 0 aromatic rings. The zero-order chi connectivity index (χ0) is 8.85. The van der Waals surface area contributed by atoms with Crippen molar-refractivity contribution in [3.05, 3.63) is 24.4 Å². The van der Waals surface area contributed by atoms with Crippen LogP contribution >= 0.6 is 0 Å². The lowest BCUT2D eigenvalue weighted by atomic mass is 10.1. The van der Waals surface area contributed by atoms with E-state index < -0.39 is 0 Å². The van der Waals surface area contributed by atoms with Gasteiger partial charge in [0.05, 0.1) is 0 Å². The maximum Gasteiger partial charge on any atom is 0.0428 e. The van der Waals surface area contributed by atoms with Crippen molar-refractivity contribution in [1.82, 2.24) is 0 Å². The van der Waals surface area contributed by atoms with Gasteiger partial charge in [-0.25, -0.2) is 0 Å². The van der Waals surface area contributed by atoms with Crippen LogP contribution in [-0.2, 0) is 0 Å². The molecule has 0 aromatic carbocycles. The second kappa shape index (κ2) is 4.89. The Morgan fingerprint density at radius 3 is 2.18 bits per heavy atom. The summed E-state index contributed by atoms with van der Waals surface area (Å²) >= 11 is 0. The molecule has 0 fully saturated rings. The number of hydrogen-bond donors (Lipinski definition) is 0. The van der Waals surface area contributed by atoms with Gasteiger partial charge in [0.1, 0.15) is 0 Å². The summed E-state index contributed by atoms with van der Waals surface area (Å²) in [4.78, 5) is 4.17.